The topological polar surface area (TPSA) is 51.2 Å². The van der Waals surface area contributed by atoms with Crippen molar-refractivity contribution in [2.45, 2.75) is 25.5 Å². The zero-order valence-corrected chi connectivity index (χ0v) is 7.45. The van der Waals surface area contributed by atoms with E-state index in [1.807, 2.05) is 0 Å². The first kappa shape index (κ1) is 9.62. The van der Waals surface area contributed by atoms with E-state index in [-0.39, 0.29) is 5.78 Å². The lowest BCUT2D eigenvalue weighted by atomic mass is 10.1. The monoisotopic (exact) mass is 164 g/mol. The van der Waals surface area contributed by atoms with E-state index in [2.05, 4.69) is 0 Å². The molecule has 0 aromatic carbocycles. The second-order valence-electron chi connectivity index (χ2n) is 2.84. The molecule has 3 nitrogen and oxygen atoms in total. The molecule has 4 heteroatoms. The zero-order chi connectivity index (χ0) is 8.58. The van der Waals surface area contributed by atoms with Crippen LogP contribution in [-0.4, -0.2) is 25.2 Å². The first-order valence-electron chi connectivity index (χ1n) is 2.90. The van der Waals surface area contributed by atoms with Crippen molar-refractivity contribution in [1.82, 2.24) is 0 Å². The van der Waals surface area contributed by atoms with Gasteiger partial charge in [-0.15, -0.1) is 0 Å². The van der Waals surface area contributed by atoms with Crippen molar-refractivity contribution in [3.8, 4) is 0 Å². The molecule has 10 heavy (non-hydrogen) atoms. The Balaban J connectivity index is 4.95. The zero-order valence-electron chi connectivity index (χ0n) is 6.63. The van der Waals surface area contributed by atoms with Crippen molar-refractivity contribution in [2.75, 3.05) is 6.26 Å². The third-order valence-electron chi connectivity index (χ3n) is 1.77. The normalized spacial score (nSPS) is 13.2. The predicted octanol–water partition coefficient (Wildman–Crippen LogP) is 0.399. The Labute approximate surface area is 61.4 Å². The first-order chi connectivity index (χ1) is 4.19. The number of ketones is 1. The molecule has 0 aliphatic carbocycles. The summed E-state index contributed by atoms with van der Waals surface area (Å²) in [5.41, 5.74) is 0. The molecule has 0 heterocycles. The minimum atomic E-state index is -3.25. The number of Topliss-reactive ketones (excluding diaryl/α,β-unsaturated/α-hetero) is 1. The Kier molecular flexibility index (Phi) is 2.25. The Morgan fingerprint density at radius 3 is 1.60 bits per heavy atom. The molecule has 0 rings (SSSR count). The summed E-state index contributed by atoms with van der Waals surface area (Å²) in [5.74, 6) is -0.324. The second kappa shape index (κ2) is 2.34. The molecule has 0 radical (unpaired) electrons. The van der Waals surface area contributed by atoms with Crippen LogP contribution in [0.25, 0.3) is 0 Å². The van der Waals surface area contributed by atoms with Crippen molar-refractivity contribution in [3.05, 3.63) is 0 Å². The van der Waals surface area contributed by atoms with Crippen LogP contribution in [0.4, 0.5) is 0 Å². The number of hydrogen-bond donors (Lipinski definition) is 0. The van der Waals surface area contributed by atoms with Crippen LogP contribution in [0.5, 0.6) is 0 Å². The highest BCUT2D eigenvalue weighted by atomic mass is 32.2. The Hall–Kier alpha value is -0.380. The molecule has 0 amide bonds. The molecular weight excluding hydrogens is 152 g/mol. The van der Waals surface area contributed by atoms with E-state index in [1.165, 1.54) is 20.8 Å². The predicted molar refractivity (Wildman–Crippen MR) is 39.6 cm³/mol. The molecular formula is C6H12O3S. The molecule has 60 valence electrons. The van der Waals surface area contributed by atoms with Crippen LogP contribution in [-0.2, 0) is 14.6 Å². The third-order valence-corrected chi connectivity index (χ3v) is 3.92. The van der Waals surface area contributed by atoms with Crippen LogP contribution < -0.4 is 0 Å². The quantitative estimate of drug-likeness (QED) is 0.593. The minimum absolute atomic E-state index is 0.324. The molecule has 0 spiro atoms. The summed E-state index contributed by atoms with van der Waals surface area (Å²) in [6.07, 6.45) is 1.06. The summed E-state index contributed by atoms with van der Waals surface area (Å²) in [6.45, 7) is 4.09. The summed E-state index contributed by atoms with van der Waals surface area (Å²) in [4.78, 5) is 10.7. The van der Waals surface area contributed by atoms with Crippen LogP contribution in [0.1, 0.15) is 20.8 Å². The maximum absolute atomic E-state index is 10.9. The Morgan fingerprint density at radius 2 is 1.60 bits per heavy atom. The Bertz CT molecular complexity index is 236. The smallest absolute Gasteiger partial charge is 0.159 e. The van der Waals surface area contributed by atoms with E-state index in [0.29, 0.717) is 0 Å². The largest absolute Gasteiger partial charge is 0.298 e. The molecule has 0 bridgehead atoms. The fraction of sp³-hybridized carbons (Fsp3) is 0.833. The van der Waals surface area contributed by atoms with Gasteiger partial charge in [-0.25, -0.2) is 8.42 Å². The van der Waals surface area contributed by atoms with Crippen LogP contribution in [0.2, 0.25) is 0 Å². The summed E-state index contributed by atoms with van der Waals surface area (Å²) < 4.78 is 20.5. The summed E-state index contributed by atoms with van der Waals surface area (Å²) in [5, 5.41) is 0. The highest BCUT2D eigenvalue weighted by Gasteiger charge is 2.34. The van der Waals surface area contributed by atoms with E-state index < -0.39 is 14.6 Å². The number of sulfone groups is 1. The van der Waals surface area contributed by atoms with Crippen LogP contribution in [0.3, 0.4) is 0 Å². The van der Waals surface area contributed by atoms with Gasteiger partial charge in [-0.2, -0.15) is 0 Å². The summed E-state index contributed by atoms with van der Waals surface area (Å²) in [6, 6.07) is 0. The van der Waals surface area contributed by atoms with Crippen molar-refractivity contribution in [1.29, 1.82) is 0 Å². The second-order valence-corrected chi connectivity index (χ2v) is 5.40. The van der Waals surface area contributed by atoms with E-state index in [0.717, 1.165) is 6.26 Å². The highest BCUT2D eigenvalue weighted by Crippen LogP contribution is 2.15. The van der Waals surface area contributed by atoms with Gasteiger partial charge >= 0.3 is 0 Å². The first-order valence-corrected chi connectivity index (χ1v) is 4.79. The minimum Gasteiger partial charge on any atom is -0.298 e. The molecule has 0 aliphatic rings. The lowest BCUT2D eigenvalue weighted by molar-refractivity contribution is -0.118. The lowest BCUT2D eigenvalue weighted by Crippen LogP contribution is -2.38. The highest BCUT2D eigenvalue weighted by molar-refractivity contribution is 7.92. The number of hydrogen-bond acceptors (Lipinski definition) is 3. The third kappa shape index (κ3) is 1.56. The number of carbonyl (C=O) groups is 1. The van der Waals surface area contributed by atoms with Crippen LogP contribution in [0.15, 0.2) is 0 Å². The van der Waals surface area contributed by atoms with Gasteiger partial charge in [0.25, 0.3) is 0 Å². The van der Waals surface area contributed by atoms with Gasteiger partial charge in [0.05, 0.1) is 0 Å². The molecule has 0 aromatic rings. The maximum Gasteiger partial charge on any atom is 0.159 e. The van der Waals surface area contributed by atoms with E-state index >= 15 is 0 Å². The number of rotatable bonds is 2. The van der Waals surface area contributed by atoms with Gasteiger partial charge in [0.2, 0.25) is 0 Å². The van der Waals surface area contributed by atoms with Gasteiger partial charge in [0.15, 0.2) is 9.84 Å². The van der Waals surface area contributed by atoms with E-state index in [4.69, 9.17) is 0 Å². The van der Waals surface area contributed by atoms with Crippen molar-refractivity contribution >= 4 is 15.6 Å². The molecule has 0 aliphatic heterocycles. The van der Waals surface area contributed by atoms with Gasteiger partial charge in [0.1, 0.15) is 10.5 Å². The molecule has 0 aromatic heterocycles. The molecule has 0 N–H and O–H groups in total. The van der Waals surface area contributed by atoms with Gasteiger partial charge in [-0.1, -0.05) is 0 Å². The molecule has 0 atom stereocenters. The number of carbonyl (C=O) groups excluding carboxylic acids is 1. The van der Waals surface area contributed by atoms with Gasteiger partial charge in [0, 0.05) is 6.26 Å². The molecule has 0 fully saturated rings. The van der Waals surface area contributed by atoms with Crippen molar-refractivity contribution < 1.29 is 13.2 Å². The van der Waals surface area contributed by atoms with Gasteiger partial charge in [-0.3, -0.25) is 4.79 Å². The molecule has 0 saturated carbocycles. The standard InChI is InChI=1S/C6H12O3S/c1-5(7)6(2,3)10(4,8)9/h1-4H3. The van der Waals surface area contributed by atoms with Gasteiger partial charge in [-0.05, 0) is 20.8 Å². The fourth-order valence-corrected chi connectivity index (χ4v) is 0.783. The average Bonchev–Trinajstić information content (AvgIpc) is 1.62. The summed E-state index contributed by atoms with van der Waals surface area (Å²) >= 11 is 0. The van der Waals surface area contributed by atoms with Crippen molar-refractivity contribution in [3.63, 3.8) is 0 Å². The summed E-state index contributed by atoms with van der Waals surface area (Å²) in [7, 11) is -3.25. The van der Waals surface area contributed by atoms with Crippen LogP contribution in [0, 0.1) is 0 Å². The van der Waals surface area contributed by atoms with Crippen molar-refractivity contribution in [2.24, 2.45) is 0 Å². The molecule has 0 saturated heterocycles. The molecule has 0 unspecified atom stereocenters. The van der Waals surface area contributed by atoms with Crippen LogP contribution >= 0.6 is 0 Å². The fourth-order valence-electron chi connectivity index (χ4n) is 0.261. The maximum atomic E-state index is 10.9. The van der Waals surface area contributed by atoms with E-state index in [9.17, 15) is 13.2 Å². The Morgan fingerprint density at radius 1 is 1.30 bits per heavy atom. The SMILES string of the molecule is CC(=O)C(C)(C)S(C)(=O)=O. The lowest BCUT2D eigenvalue weighted by Gasteiger charge is -2.17. The van der Waals surface area contributed by atoms with Gasteiger partial charge < -0.3 is 0 Å². The van der Waals surface area contributed by atoms with E-state index in [1.54, 1.807) is 0 Å². The average molecular weight is 164 g/mol.